The molecule has 2 amide bonds. The van der Waals surface area contributed by atoms with Gasteiger partial charge in [-0.15, -0.1) is 22.7 Å². The molecule has 6 nitrogen and oxygen atoms in total. The highest BCUT2D eigenvalue weighted by molar-refractivity contribution is 7.22. The van der Waals surface area contributed by atoms with Crippen LogP contribution in [0.15, 0.2) is 35.7 Å². The van der Waals surface area contributed by atoms with Gasteiger partial charge in [-0.1, -0.05) is 12.1 Å². The number of hydrogen-bond donors (Lipinski definition) is 2. The molecule has 0 aliphatic rings. The quantitative estimate of drug-likeness (QED) is 0.640. The lowest BCUT2D eigenvalue weighted by molar-refractivity contribution is -0.123. The second-order valence-electron chi connectivity index (χ2n) is 6.03. The SMILES string of the molecule is Cc1cc(C)cc(OCC(=O)NNC(=O)c2sc(-c3cccs3)nc2C)c1. The molecule has 2 heterocycles. The molecule has 0 aliphatic heterocycles. The highest BCUT2D eigenvalue weighted by Crippen LogP contribution is 2.30. The Morgan fingerprint density at radius 2 is 1.85 bits per heavy atom. The molecule has 0 aliphatic carbocycles. The zero-order chi connectivity index (χ0) is 19.4. The third-order valence-corrected chi connectivity index (χ3v) is 5.81. The van der Waals surface area contributed by atoms with Gasteiger partial charge in [0.25, 0.3) is 11.8 Å². The minimum absolute atomic E-state index is 0.189. The summed E-state index contributed by atoms with van der Waals surface area (Å²) in [6.07, 6.45) is 0. The molecule has 8 heteroatoms. The Balaban J connectivity index is 1.53. The van der Waals surface area contributed by atoms with E-state index >= 15 is 0 Å². The number of aryl methyl sites for hydroxylation is 3. The van der Waals surface area contributed by atoms with Crippen molar-refractivity contribution in [3.63, 3.8) is 0 Å². The van der Waals surface area contributed by atoms with Gasteiger partial charge in [-0.05, 0) is 55.5 Å². The molecule has 0 radical (unpaired) electrons. The number of benzene rings is 1. The lowest BCUT2D eigenvalue weighted by Gasteiger charge is -2.09. The average Bonchev–Trinajstić information content (AvgIpc) is 3.26. The third kappa shape index (κ3) is 4.93. The van der Waals surface area contributed by atoms with Crippen LogP contribution in [-0.4, -0.2) is 23.4 Å². The number of rotatable bonds is 5. The summed E-state index contributed by atoms with van der Waals surface area (Å²) >= 11 is 2.86. The monoisotopic (exact) mass is 401 g/mol. The van der Waals surface area contributed by atoms with Crippen LogP contribution in [0.5, 0.6) is 5.75 Å². The first-order valence-corrected chi connectivity index (χ1v) is 9.93. The normalized spacial score (nSPS) is 10.5. The number of hydrazine groups is 1. The van der Waals surface area contributed by atoms with Crippen molar-refractivity contribution in [2.75, 3.05) is 6.61 Å². The predicted octanol–water partition coefficient (Wildman–Crippen LogP) is 3.64. The smallest absolute Gasteiger partial charge is 0.281 e. The fraction of sp³-hybridized carbons (Fsp3) is 0.211. The van der Waals surface area contributed by atoms with Crippen molar-refractivity contribution in [1.29, 1.82) is 0 Å². The molecule has 140 valence electrons. The van der Waals surface area contributed by atoms with Gasteiger partial charge in [0.15, 0.2) is 6.61 Å². The number of carbonyl (C=O) groups is 2. The number of nitrogens with zero attached hydrogens (tertiary/aromatic N) is 1. The van der Waals surface area contributed by atoms with Crippen LogP contribution in [0, 0.1) is 20.8 Å². The van der Waals surface area contributed by atoms with Crippen molar-refractivity contribution < 1.29 is 14.3 Å². The number of nitrogens with one attached hydrogen (secondary N) is 2. The summed E-state index contributed by atoms with van der Waals surface area (Å²) in [6.45, 7) is 5.50. The molecule has 2 aromatic heterocycles. The number of hydrogen-bond acceptors (Lipinski definition) is 6. The molecule has 0 atom stereocenters. The zero-order valence-corrected chi connectivity index (χ0v) is 16.8. The number of ether oxygens (including phenoxy) is 1. The van der Waals surface area contributed by atoms with Crippen LogP contribution < -0.4 is 15.6 Å². The highest BCUT2D eigenvalue weighted by Gasteiger charge is 2.17. The highest BCUT2D eigenvalue weighted by atomic mass is 32.1. The Morgan fingerprint density at radius 1 is 1.11 bits per heavy atom. The van der Waals surface area contributed by atoms with E-state index in [1.54, 1.807) is 18.3 Å². The molecule has 3 aromatic rings. The third-order valence-electron chi connectivity index (χ3n) is 3.62. The second kappa shape index (κ2) is 8.32. The molecular formula is C19H19N3O3S2. The summed E-state index contributed by atoms with van der Waals surface area (Å²) in [5.41, 5.74) is 7.52. The van der Waals surface area contributed by atoms with Gasteiger partial charge >= 0.3 is 0 Å². The second-order valence-corrected chi connectivity index (χ2v) is 7.97. The molecule has 0 saturated carbocycles. The molecule has 0 saturated heterocycles. The first-order valence-electron chi connectivity index (χ1n) is 8.24. The number of carbonyl (C=O) groups excluding carboxylic acids is 2. The van der Waals surface area contributed by atoms with Crippen molar-refractivity contribution in [3.05, 3.63) is 57.4 Å². The van der Waals surface area contributed by atoms with E-state index in [1.807, 2.05) is 49.6 Å². The van der Waals surface area contributed by atoms with Crippen molar-refractivity contribution in [2.45, 2.75) is 20.8 Å². The van der Waals surface area contributed by atoms with Gasteiger partial charge in [-0.2, -0.15) is 0 Å². The average molecular weight is 402 g/mol. The molecule has 27 heavy (non-hydrogen) atoms. The van der Waals surface area contributed by atoms with Crippen LogP contribution in [0.25, 0.3) is 9.88 Å². The van der Waals surface area contributed by atoms with E-state index in [1.165, 1.54) is 11.3 Å². The van der Waals surface area contributed by atoms with Gasteiger partial charge in [-0.25, -0.2) is 4.98 Å². The molecule has 0 bridgehead atoms. The maximum Gasteiger partial charge on any atom is 0.281 e. The lowest BCUT2D eigenvalue weighted by Crippen LogP contribution is -2.43. The molecule has 2 N–H and O–H groups in total. The summed E-state index contributed by atoms with van der Waals surface area (Å²) in [4.78, 5) is 30.2. The first-order chi connectivity index (χ1) is 12.9. The van der Waals surface area contributed by atoms with Crippen LogP contribution in [0.1, 0.15) is 26.5 Å². The Kier molecular flexibility index (Phi) is 5.88. The largest absolute Gasteiger partial charge is 0.484 e. The summed E-state index contributed by atoms with van der Waals surface area (Å²) in [5.74, 6) is -0.219. The number of thiazole rings is 1. The van der Waals surface area contributed by atoms with Gasteiger partial charge in [0.1, 0.15) is 15.6 Å². The number of aromatic nitrogens is 1. The predicted molar refractivity (Wildman–Crippen MR) is 107 cm³/mol. The van der Waals surface area contributed by atoms with E-state index in [2.05, 4.69) is 15.8 Å². The molecule has 0 spiro atoms. The van der Waals surface area contributed by atoms with Crippen LogP contribution in [-0.2, 0) is 4.79 Å². The number of thiophene rings is 1. The Labute approximate surface area is 165 Å². The van der Waals surface area contributed by atoms with E-state index in [4.69, 9.17) is 4.74 Å². The summed E-state index contributed by atoms with van der Waals surface area (Å²) in [6, 6.07) is 9.62. The summed E-state index contributed by atoms with van der Waals surface area (Å²) in [5, 5.41) is 2.75. The first kappa shape index (κ1) is 19.1. The van der Waals surface area contributed by atoms with E-state index in [0.29, 0.717) is 16.3 Å². The fourth-order valence-electron chi connectivity index (χ4n) is 2.50. The molecule has 1 aromatic carbocycles. The minimum atomic E-state index is -0.442. The zero-order valence-electron chi connectivity index (χ0n) is 15.2. The van der Waals surface area contributed by atoms with Crippen molar-refractivity contribution in [2.24, 2.45) is 0 Å². The van der Waals surface area contributed by atoms with Crippen molar-refractivity contribution in [1.82, 2.24) is 15.8 Å². The van der Waals surface area contributed by atoms with Gasteiger partial charge in [0.2, 0.25) is 0 Å². The van der Waals surface area contributed by atoms with E-state index in [0.717, 1.165) is 21.0 Å². The maximum absolute atomic E-state index is 12.3. The van der Waals surface area contributed by atoms with Gasteiger partial charge in [0.05, 0.1) is 10.6 Å². The maximum atomic E-state index is 12.3. The van der Waals surface area contributed by atoms with E-state index in [-0.39, 0.29) is 6.61 Å². The van der Waals surface area contributed by atoms with E-state index in [9.17, 15) is 9.59 Å². The molecule has 3 rings (SSSR count). The summed E-state index contributed by atoms with van der Waals surface area (Å²) in [7, 11) is 0. The lowest BCUT2D eigenvalue weighted by atomic mass is 10.1. The van der Waals surface area contributed by atoms with Gasteiger partial charge < -0.3 is 4.74 Å². The number of amides is 2. The van der Waals surface area contributed by atoms with Crippen LogP contribution in [0.3, 0.4) is 0 Å². The molecular weight excluding hydrogens is 382 g/mol. The standard InChI is InChI=1S/C19H19N3O3S2/c1-11-7-12(2)9-14(8-11)25-10-16(23)21-22-18(24)17-13(3)20-19(27-17)15-5-4-6-26-15/h4-9H,10H2,1-3H3,(H,21,23)(H,22,24). The molecule has 0 fully saturated rings. The van der Waals surface area contributed by atoms with Crippen LogP contribution in [0.2, 0.25) is 0 Å². The van der Waals surface area contributed by atoms with E-state index < -0.39 is 11.8 Å². The van der Waals surface area contributed by atoms with Crippen LogP contribution >= 0.6 is 22.7 Å². The minimum Gasteiger partial charge on any atom is -0.484 e. The fourth-order valence-corrected chi connectivity index (χ4v) is 4.26. The van der Waals surface area contributed by atoms with Crippen molar-refractivity contribution >= 4 is 34.5 Å². The van der Waals surface area contributed by atoms with Crippen molar-refractivity contribution in [3.8, 4) is 15.6 Å². The Bertz CT molecular complexity index is 944. The topological polar surface area (TPSA) is 80.3 Å². The Hall–Kier alpha value is -2.71. The van der Waals surface area contributed by atoms with Gasteiger partial charge in [-0.3, -0.25) is 20.4 Å². The summed E-state index contributed by atoms with van der Waals surface area (Å²) < 4.78 is 5.47. The van der Waals surface area contributed by atoms with Crippen LogP contribution in [0.4, 0.5) is 0 Å². The Morgan fingerprint density at radius 3 is 2.52 bits per heavy atom. The van der Waals surface area contributed by atoms with Gasteiger partial charge in [0, 0.05) is 0 Å². The molecule has 0 unspecified atom stereocenters.